The number of thioether (sulfide) groups is 1. The van der Waals surface area contributed by atoms with E-state index in [2.05, 4.69) is 31.0 Å². The summed E-state index contributed by atoms with van der Waals surface area (Å²) in [6, 6.07) is 7.79. The van der Waals surface area contributed by atoms with Crippen LogP contribution in [0.1, 0.15) is 13.8 Å². The predicted molar refractivity (Wildman–Crippen MR) is 96.3 cm³/mol. The van der Waals surface area contributed by atoms with Gasteiger partial charge in [0.05, 0.1) is 29.1 Å². The zero-order valence-corrected chi connectivity index (χ0v) is 15.5. The van der Waals surface area contributed by atoms with Crippen molar-refractivity contribution in [1.82, 2.24) is 19.7 Å². The fraction of sp³-hybridized carbons (Fsp3) is 0.250. The first-order valence-electron chi connectivity index (χ1n) is 7.31. The Kier molecular flexibility index (Phi) is 5.15. The largest absolute Gasteiger partial charge is 0.462 e. The van der Waals surface area contributed by atoms with Crippen LogP contribution >= 0.6 is 27.7 Å². The van der Waals surface area contributed by atoms with Crippen molar-refractivity contribution in [3.8, 4) is 5.69 Å². The molecule has 124 valence electrons. The van der Waals surface area contributed by atoms with Crippen LogP contribution in [-0.2, 0) is 9.53 Å². The topological polar surface area (TPSA) is 69.9 Å². The Morgan fingerprint density at radius 3 is 2.75 bits per heavy atom. The van der Waals surface area contributed by atoms with Gasteiger partial charge in [-0.05, 0) is 38.1 Å². The summed E-state index contributed by atoms with van der Waals surface area (Å²) < 4.78 is 7.89. The number of carbonyl (C=O) groups excluding carboxylic acids is 1. The highest BCUT2D eigenvalue weighted by atomic mass is 79.9. The number of hydrogen-bond acceptors (Lipinski definition) is 6. The Hall–Kier alpha value is -1.93. The number of halogens is 1. The minimum absolute atomic E-state index is 0.122. The van der Waals surface area contributed by atoms with Gasteiger partial charge < -0.3 is 4.74 Å². The molecule has 0 bridgehead atoms. The molecule has 3 aromatic rings. The average Bonchev–Trinajstić information content (AvgIpc) is 2.97. The van der Waals surface area contributed by atoms with Gasteiger partial charge >= 0.3 is 5.97 Å². The van der Waals surface area contributed by atoms with Crippen molar-refractivity contribution in [2.45, 2.75) is 25.0 Å². The second kappa shape index (κ2) is 7.31. The molecular formula is C16H15BrN4O2S. The van der Waals surface area contributed by atoms with E-state index in [1.165, 1.54) is 18.1 Å². The van der Waals surface area contributed by atoms with E-state index < -0.39 is 0 Å². The van der Waals surface area contributed by atoms with E-state index in [0.717, 1.165) is 15.5 Å². The summed E-state index contributed by atoms with van der Waals surface area (Å²) in [5, 5.41) is 5.92. The van der Waals surface area contributed by atoms with Gasteiger partial charge in [-0.2, -0.15) is 5.10 Å². The second-order valence-corrected chi connectivity index (χ2v) is 7.16. The molecule has 1 aromatic carbocycles. The van der Waals surface area contributed by atoms with Crippen molar-refractivity contribution in [2.75, 3.05) is 5.75 Å². The maximum absolute atomic E-state index is 11.7. The molecular weight excluding hydrogens is 392 g/mol. The molecule has 0 spiro atoms. The highest BCUT2D eigenvalue weighted by Gasteiger charge is 2.14. The maximum atomic E-state index is 11.7. The summed E-state index contributed by atoms with van der Waals surface area (Å²) >= 11 is 4.74. The zero-order chi connectivity index (χ0) is 17.1. The van der Waals surface area contributed by atoms with E-state index in [9.17, 15) is 4.79 Å². The lowest BCUT2D eigenvalue weighted by Crippen LogP contribution is -2.13. The zero-order valence-electron chi connectivity index (χ0n) is 13.1. The normalized spacial score (nSPS) is 11.2. The van der Waals surface area contributed by atoms with Crippen LogP contribution in [0.3, 0.4) is 0 Å². The average molecular weight is 407 g/mol. The molecule has 0 aliphatic heterocycles. The number of hydrogen-bond donors (Lipinski definition) is 0. The van der Waals surface area contributed by atoms with Gasteiger partial charge in [-0.25, -0.2) is 14.6 Å². The number of nitrogens with zero attached hydrogens (tertiary/aromatic N) is 4. The summed E-state index contributed by atoms with van der Waals surface area (Å²) in [4.78, 5) is 20.3. The predicted octanol–water partition coefficient (Wildman–Crippen LogP) is 3.62. The Bertz CT molecular complexity index is 864. The smallest absolute Gasteiger partial charge is 0.316 e. The summed E-state index contributed by atoms with van der Waals surface area (Å²) in [5.41, 5.74) is 1.61. The molecule has 0 saturated carbocycles. The van der Waals surface area contributed by atoms with E-state index in [0.29, 0.717) is 10.7 Å². The molecule has 0 saturated heterocycles. The third kappa shape index (κ3) is 3.76. The van der Waals surface area contributed by atoms with Crippen molar-refractivity contribution in [2.24, 2.45) is 0 Å². The van der Waals surface area contributed by atoms with Crippen molar-refractivity contribution in [3.63, 3.8) is 0 Å². The van der Waals surface area contributed by atoms with Crippen LogP contribution in [0.25, 0.3) is 16.7 Å². The van der Waals surface area contributed by atoms with Gasteiger partial charge in [0.15, 0.2) is 5.65 Å². The summed E-state index contributed by atoms with van der Waals surface area (Å²) in [7, 11) is 0. The number of fused-ring (bicyclic) bond motifs is 1. The van der Waals surface area contributed by atoms with E-state index in [1.54, 1.807) is 10.9 Å². The lowest BCUT2D eigenvalue weighted by Gasteiger charge is -2.07. The number of aromatic nitrogens is 4. The number of rotatable bonds is 5. The van der Waals surface area contributed by atoms with Crippen LogP contribution < -0.4 is 0 Å². The van der Waals surface area contributed by atoms with Crippen LogP contribution in [0, 0.1) is 0 Å². The summed E-state index contributed by atoms with van der Waals surface area (Å²) in [6.45, 7) is 3.65. The van der Waals surface area contributed by atoms with Gasteiger partial charge in [0, 0.05) is 4.47 Å². The Labute approximate surface area is 151 Å². The molecule has 0 amide bonds. The van der Waals surface area contributed by atoms with Gasteiger partial charge in [0.2, 0.25) is 0 Å². The highest BCUT2D eigenvalue weighted by molar-refractivity contribution is 9.10. The fourth-order valence-electron chi connectivity index (χ4n) is 2.13. The van der Waals surface area contributed by atoms with Crippen LogP contribution in [0.15, 0.2) is 46.3 Å². The minimum Gasteiger partial charge on any atom is -0.462 e. The second-order valence-electron chi connectivity index (χ2n) is 5.28. The first-order valence-corrected chi connectivity index (χ1v) is 9.09. The molecule has 8 heteroatoms. The molecule has 0 fully saturated rings. The fourth-order valence-corrected chi connectivity index (χ4v) is 3.14. The van der Waals surface area contributed by atoms with Crippen LogP contribution in [0.5, 0.6) is 0 Å². The van der Waals surface area contributed by atoms with Gasteiger partial charge in [-0.15, -0.1) is 0 Å². The molecule has 24 heavy (non-hydrogen) atoms. The third-order valence-corrected chi connectivity index (χ3v) is 4.60. The van der Waals surface area contributed by atoms with Gasteiger partial charge in [-0.1, -0.05) is 27.7 Å². The number of ether oxygens (including phenoxy) is 1. The van der Waals surface area contributed by atoms with Crippen LogP contribution in [0.2, 0.25) is 0 Å². The molecule has 2 heterocycles. The first-order chi connectivity index (χ1) is 11.5. The SMILES string of the molecule is CC(C)OC(=O)CSc1ncnc2c1cnn2-c1ccc(Br)cc1. The van der Waals surface area contributed by atoms with Crippen LogP contribution in [0.4, 0.5) is 0 Å². The molecule has 2 aromatic heterocycles. The highest BCUT2D eigenvalue weighted by Crippen LogP contribution is 2.26. The van der Waals surface area contributed by atoms with Gasteiger partial charge in [0.25, 0.3) is 0 Å². The lowest BCUT2D eigenvalue weighted by molar-refractivity contribution is -0.144. The number of benzene rings is 1. The molecule has 0 N–H and O–H groups in total. The number of carbonyl (C=O) groups is 1. The maximum Gasteiger partial charge on any atom is 0.316 e. The Morgan fingerprint density at radius 1 is 1.29 bits per heavy atom. The first kappa shape index (κ1) is 16.9. The monoisotopic (exact) mass is 406 g/mol. The van der Waals surface area contributed by atoms with Gasteiger partial charge in [0.1, 0.15) is 11.4 Å². The number of esters is 1. The van der Waals surface area contributed by atoms with E-state index in [-0.39, 0.29) is 17.8 Å². The molecule has 0 unspecified atom stereocenters. The summed E-state index contributed by atoms with van der Waals surface area (Å²) in [6.07, 6.45) is 3.08. The van der Waals surface area contributed by atoms with Crippen molar-refractivity contribution < 1.29 is 9.53 Å². The molecule has 0 atom stereocenters. The molecule has 6 nitrogen and oxygen atoms in total. The Balaban J connectivity index is 1.86. The molecule has 3 rings (SSSR count). The van der Waals surface area contributed by atoms with Crippen LogP contribution in [-0.4, -0.2) is 37.6 Å². The molecule has 0 radical (unpaired) electrons. The summed E-state index contributed by atoms with van der Waals surface area (Å²) in [5.74, 6) is -0.0598. The van der Waals surface area contributed by atoms with Crippen molar-refractivity contribution in [1.29, 1.82) is 0 Å². The van der Waals surface area contributed by atoms with E-state index in [1.807, 2.05) is 38.1 Å². The minimum atomic E-state index is -0.262. The van der Waals surface area contributed by atoms with Crippen molar-refractivity contribution in [3.05, 3.63) is 41.3 Å². The quantitative estimate of drug-likeness (QED) is 0.366. The standard InChI is InChI=1S/C16H15BrN4O2S/c1-10(2)23-14(22)8-24-16-13-7-20-21(15(13)18-9-19-16)12-5-3-11(17)4-6-12/h3-7,9-10H,8H2,1-2H3. The third-order valence-electron chi connectivity index (χ3n) is 3.09. The lowest BCUT2D eigenvalue weighted by atomic mass is 10.3. The molecule has 0 aliphatic rings. The Morgan fingerprint density at radius 2 is 2.04 bits per heavy atom. The van der Waals surface area contributed by atoms with E-state index in [4.69, 9.17) is 4.74 Å². The molecule has 0 aliphatic carbocycles. The van der Waals surface area contributed by atoms with Crippen molar-refractivity contribution >= 4 is 44.7 Å². The van der Waals surface area contributed by atoms with E-state index >= 15 is 0 Å². The van der Waals surface area contributed by atoms with Gasteiger partial charge in [-0.3, -0.25) is 4.79 Å².